The Hall–Kier alpha value is -2.82. The highest BCUT2D eigenvalue weighted by Crippen LogP contribution is 2.33. The van der Waals surface area contributed by atoms with Crippen LogP contribution in [0.2, 0.25) is 5.02 Å². The molecule has 0 unspecified atom stereocenters. The van der Waals surface area contributed by atoms with Crippen LogP contribution in [0.1, 0.15) is 59.5 Å². The highest BCUT2D eigenvalue weighted by molar-refractivity contribution is 6.30. The summed E-state index contributed by atoms with van der Waals surface area (Å²) in [5.74, 6) is 1.29. The lowest BCUT2D eigenvalue weighted by molar-refractivity contribution is 0.0944. The van der Waals surface area contributed by atoms with E-state index in [0.29, 0.717) is 23.1 Å². The van der Waals surface area contributed by atoms with Crippen molar-refractivity contribution in [1.82, 2.24) is 5.32 Å². The Morgan fingerprint density at radius 1 is 0.970 bits per heavy atom. The minimum absolute atomic E-state index is 0.0960. The Bertz CT molecular complexity index is 1060. The molecule has 0 heterocycles. The molecule has 172 valence electrons. The summed E-state index contributed by atoms with van der Waals surface area (Å²) in [5.41, 5.74) is 4.80. The van der Waals surface area contributed by atoms with Gasteiger partial charge in [0.05, 0.1) is 6.61 Å². The van der Waals surface area contributed by atoms with Crippen molar-refractivity contribution in [3.05, 3.63) is 88.4 Å². The number of hydrogen-bond acceptors (Lipinski definition) is 3. The largest absolute Gasteiger partial charge is 0.489 e. The maximum absolute atomic E-state index is 12.4. The highest BCUT2D eigenvalue weighted by Gasteiger charge is 2.16. The van der Waals surface area contributed by atoms with Crippen molar-refractivity contribution in [2.24, 2.45) is 0 Å². The number of benzene rings is 3. The van der Waals surface area contributed by atoms with E-state index < -0.39 is 0 Å². The molecule has 1 saturated carbocycles. The molecule has 0 saturated heterocycles. The lowest BCUT2D eigenvalue weighted by atomic mass is 9.84. The van der Waals surface area contributed by atoms with Gasteiger partial charge in [0, 0.05) is 17.1 Å². The summed E-state index contributed by atoms with van der Waals surface area (Å²) in [6.45, 7) is 0.511. The third kappa shape index (κ3) is 6.16. The predicted octanol–water partition coefficient (Wildman–Crippen LogP) is 6.36. The molecular weight excluding hydrogens is 434 g/mol. The molecular formula is C28H30ClNO3. The first kappa shape index (κ1) is 23.3. The molecule has 3 aromatic rings. The van der Waals surface area contributed by atoms with E-state index in [9.17, 15) is 4.79 Å². The first-order valence-corrected chi connectivity index (χ1v) is 12.0. The molecule has 33 heavy (non-hydrogen) atoms. The van der Waals surface area contributed by atoms with Gasteiger partial charge in [0.2, 0.25) is 0 Å². The molecule has 3 aromatic carbocycles. The number of aliphatic hydroxyl groups excluding tert-OH is 1. The topological polar surface area (TPSA) is 58.6 Å². The first-order valence-electron chi connectivity index (χ1n) is 11.6. The molecule has 0 bridgehead atoms. The average Bonchev–Trinajstić information content (AvgIpc) is 2.87. The van der Waals surface area contributed by atoms with Crippen LogP contribution in [-0.4, -0.2) is 24.2 Å². The first-order chi connectivity index (χ1) is 16.1. The molecule has 1 amide bonds. The molecule has 0 aromatic heterocycles. The van der Waals surface area contributed by atoms with Crippen LogP contribution in [0, 0.1) is 0 Å². The van der Waals surface area contributed by atoms with Gasteiger partial charge in [-0.3, -0.25) is 4.79 Å². The molecule has 4 rings (SSSR count). The molecule has 5 heteroatoms. The van der Waals surface area contributed by atoms with Crippen molar-refractivity contribution < 1.29 is 14.6 Å². The Labute approximate surface area is 200 Å². The third-order valence-corrected chi connectivity index (χ3v) is 6.53. The molecule has 4 nitrogen and oxygen atoms in total. The molecule has 1 aliphatic carbocycles. The second-order valence-electron chi connectivity index (χ2n) is 8.55. The van der Waals surface area contributed by atoms with E-state index in [1.807, 2.05) is 36.4 Å². The normalized spacial score (nSPS) is 14.1. The van der Waals surface area contributed by atoms with Crippen LogP contribution in [0.5, 0.6) is 5.75 Å². The van der Waals surface area contributed by atoms with Gasteiger partial charge in [0.1, 0.15) is 12.4 Å². The van der Waals surface area contributed by atoms with E-state index in [4.69, 9.17) is 21.4 Å². The summed E-state index contributed by atoms with van der Waals surface area (Å²) in [7, 11) is 0. The second-order valence-corrected chi connectivity index (χ2v) is 8.99. The molecule has 0 aliphatic heterocycles. The van der Waals surface area contributed by atoms with Crippen molar-refractivity contribution in [2.45, 2.75) is 44.6 Å². The van der Waals surface area contributed by atoms with E-state index in [1.165, 1.54) is 37.7 Å². The Kier molecular flexibility index (Phi) is 8.03. The van der Waals surface area contributed by atoms with Gasteiger partial charge in [0.25, 0.3) is 5.91 Å². The molecule has 2 N–H and O–H groups in total. The van der Waals surface area contributed by atoms with Crippen molar-refractivity contribution in [1.29, 1.82) is 0 Å². The van der Waals surface area contributed by atoms with E-state index in [0.717, 1.165) is 22.4 Å². The molecule has 0 radical (unpaired) electrons. The zero-order valence-electron chi connectivity index (χ0n) is 18.7. The van der Waals surface area contributed by atoms with Crippen molar-refractivity contribution in [3.8, 4) is 16.9 Å². The van der Waals surface area contributed by atoms with E-state index in [1.54, 1.807) is 6.07 Å². The van der Waals surface area contributed by atoms with Gasteiger partial charge in [-0.25, -0.2) is 0 Å². The van der Waals surface area contributed by atoms with Gasteiger partial charge < -0.3 is 15.2 Å². The monoisotopic (exact) mass is 463 g/mol. The number of halogens is 1. The summed E-state index contributed by atoms with van der Waals surface area (Å²) in [4.78, 5) is 12.4. The fourth-order valence-corrected chi connectivity index (χ4v) is 4.57. The van der Waals surface area contributed by atoms with Crippen molar-refractivity contribution >= 4 is 17.5 Å². The van der Waals surface area contributed by atoms with Gasteiger partial charge in [-0.2, -0.15) is 0 Å². The van der Waals surface area contributed by atoms with Crippen LogP contribution >= 0.6 is 11.6 Å². The number of carbonyl (C=O) groups excluding carboxylic acids is 1. The van der Waals surface area contributed by atoms with Crippen molar-refractivity contribution in [2.75, 3.05) is 13.2 Å². The summed E-state index contributed by atoms with van der Waals surface area (Å²) >= 11 is 6.08. The summed E-state index contributed by atoms with van der Waals surface area (Å²) in [6, 6.07) is 21.6. The molecule has 0 spiro atoms. The lowest BCUT2D eigenvalue weighted by Gasteiger charge is -2.22. The quantitative estimate of drug-likeness (QED) is 0.409. The number of nitrogens with one attached hydrogen (secondary N) is 1. The number of aliphatic hydroxyl groups is 1. The summed E-state index contributed by atoms with van der Waals surface area (Å²) < 4.78 is 6.13. The van der Waals surface area contributed by atoms with Gasteiger partial charge in [-0.15, -0.1) is 0 Å². The van der Waals surface area contributed by atoms with E-state index in [2.05, 4.69) is 29.6 Å². The lowest BCUT2D eigenvalue weighted by Crippen LogP contribution is -2.26. The number of rotatable bonds is 8. The van der Waals surface area contributed by atoms with Crippen molar-refractivity contribution in [3.63, 3.8) is 0 Å². The standard InChI is InChI=1S/C28H30ClNO3/c29-25-12-8-22(9-13-25)27-18-23(28(32)30-16-17-31)6-7-24(27)19-33-26-14-10-21(11-15-26)20-4-2-1-3-5-20/h6-15,18,20,31H,1-5,16-17,19H2,(H,30,32). The minimum Gasteiger partial charge on any atom is -0.489 e. The Morgan fingerprint density at radius 2 is 1.70 bits per heavy atom. The number of hydrogen-bond donors (Lipinski definition) is 2. The molecule has 0 atom stereocenters. The van der Waals surface area contributed by atoms with Gasteiger partial charge in [0.15, 0.2) is 0 Å². The van der Waals surface area contributed by atoms with Gasteiger partial charge in [-0.1, -0.05) is 61.2 Å². The molecule has 1 aliphatic rings. The fourth-order valence-electron chi connectivity index (χ4n) is 4.45. The highest BCUT2D eigenvalue weighted by atomic mass is 35.5. The van der Waals surface area contributed by atoms with Crippen LogP contribution < -0.4 is 10.1 Å². The summed E-state index contributed by atoms with van der Waals surface area (Å²) in [6.07, 6.45) is 6.57. The second kappa shape index (κ2) is 11.4. The SMILES string of the molecule is O=C(NCCO)c1ccc(COc2ccc(C3CCCCC3)cc2)c(-c2ccc(Cl)cc2)c1. The number of amides is 1. The number of ether oxygens (including phenoxy) is 1. The zero-order valence-corrected chi connectivity index (χ0v) is 19.5. The van der Waals surface area contributed by atoms with Crippen LogP contribution in [0.4, 0.5) is 0 Å². The fraction of sp³-hybridized carbons (Fsp3) is 0.321. The van der Waals surface area contributed by atoms with Crippen LogP contribution in [-0.2, 0) is 6.61 Å². The van der Waals surface area contributed by atoms with Crippen LogP contribution in [0.25, 0.3) is 11.1 Å². The Balaban J connectivity index is 1.52. The maximum atomic E-state index is 12.4. The van der Waals surface area contributed by atoms with E-state index in [-0.39, 0.29) is 19.1 Å². The average molecular weight is 464 g/mol. The third-order valence-electron chi connectivity index (χ3n) is 6.28. The molecule has 1 fully saturated rings. The van der Waals surface area contributed by atoms with Crippen LogP contribution in [0.15, 0.2) is 66.7 Å². The Morgan fingerprint density at radius 3 is 2.39 bits per heavy atom. The summed E-state index contributed by atoms with van der Waals surface area (Å²) in [5, 5.41) is 12.4. The maximum Gasteiger partial charge on any atom is 0.251 e. The predicted molar refractivity (Wildman–Crippen MR) is 133 cm³/mol. The van der Waals surface area contributed by atoms with E-state index >= 15 is 0 Å². The minimum atomic E-state index is -0.218. The van der Waals surface area contributed by atoms with Gasteiger partial charge >= 0.3 is 0 Å². The number of carbonyl (C=O) groups is 1. The van der Waals surface area contributed by atoms with Crippen LogP contribution in [0.3, 0.4) is 0 Å². The van der Waals surface area contributed by atoms with Gasteiger partial charge in [-0.05, 0) is 77.4 Å². The smallest absolute Gasteiger partial charge is 0.251 e. The zero-order chi connectivity index (χ0) is 23.0.